The highest BCUT2D eigenvalue weighted by molar-refractivity contribution is 4.85. The summed E-state index contributed by atoms with van der Waals surface area (Å²) in [4.78, 5) is 2.60. The van der Waals surface area contributed by atoms with Gasteiger partial charge in [-0.25, -0.2) is 0 Å². The second-order valence-corrected chi connectivity index (χ2v) is 6.56. The summed E-state index contributed by atoms with van der Waals surface area (Å²) >= 11 is 0. The van der Waals surface area contributed by atoms with Gasteiger partial charge in [-0.05, 0) is 44.1 Å². The second kappa shape index (κ2) is 7.61. The van der Waals surface area contributed by atoms with Gasteiger partial charge in [0.1, 0.15) is 0 Å². The van der Waals surface area contributed by atoms with Gasteiger partial charge in [0.25, 0.3) is 0 Å². The van der Waals surface area contributed by atoms with Crippen molar-refractivity contribution in [2.45, 2.75) is 64.5 Å². The molecule has 1 aliphatic heterocycles. The van der Waals surface area contributed by atoms with Crippen LogP contribution in [-0.2, 0) is 4.74 Å². The van der Waals surface area contributed by atoms with Crippen molar-refractivity contribution >= 4 is 0 Å². The number of likely N-dealkylation sites (N-methyl/N-ethyl adjacent to an activating group) is 1. The topological polar surface area (TPSA) is 38.5 Å². The van der Waals surface area contributed by atoms with Gasteiger partial charge in [0.05, 0.1) is 6.10 Å². The van der Waals surface area contributed by atoms with E-state index in [0.717, 1.165) is 38.1 Å². The fourth-order valence-electron chi connectivity index (χ4n) is 4.02. The van der Waals surface area contributed by atoms with E-state index >= 15 is 0 Å². The highest BCUT2D eigenvalue weighted by atomic mass is 16.5. The maximum Gasteiger partial charge on any atom is 0.0702 e. The highest BCUT2D eigenvalue weighted by Crippen LogP contribution is 2.32. The van der Waals surface area contributed by atoms with E-state index in [9.17, 15) is 0 Å². The highest BCUT2D eigenvalue weighted by Gasteiger charge is 2.31. The molecule has 0 spiro atoms. The molecule has 2 fully saturated rings. The summed E-state index contributed by atoms with van der Waals surface area (Å²) in [7, 11) is 0. The second-order valence-electron chi connectivity index (χ2n) is 6.56. The lowest BCUT2D eigenvalue weighted by atomic mass is 9.78. The summed E-state index contributed by atoms with van der Waals surface area (Å²) in [5, 5.41) is 0. The van der Waals surface area contributed by atoms with E-state index in [0.29, 0.717) is 12.1 Å². The molecule has 19 heavy (non-hydrogen) atoms. The maximum atomic E-state index is 6.12. The SMILES string of the molecule is CCN(CC1CCCO1)C(CN)C1CCCC(C)C1. The Morgan fingerprint density at radius 3 is 2.68 bits per heavy atom. The minimum atomic E-state index is 0.454. The summed E-state index contributed by atoms with van der Waals surface area (Å²) in [6, 6.07) is 0.567. The van der Waals surface area contributed by atoms with Crippen LogP contribution < -0.4 is 5.73 Å². The molecule has 4 unspecified atom stereocenters. The molecule has 0 aromatic rings. The van der Waals surface area contributed by atoms with Gasteiger partial charge in [0.15, 0.2) is 0 Å². The number of hydrogen-bond acceptors (Lipinski definition) is 3. The van der Waals surface area contributed by atoms with Crippen molar-refractivity contribution in [2.75, 3.05) is 26.2 Å². The number of nitrogens with two attached hydrogens (primary N) is 1. The quantitative estimate of drug-likeness (QED) is 0.805. The van der Waals surface area contributed by atoms with Crippen LogP contribution in [0.4, 0.5) is 0 Å². The third kappa shape index (κ3) is 4.17. The Morgan fingerprint density at radius 2 is 2.11 bits per heavy atom. The van der Waals surface area contributed by atoms with Gasteiger partial charge in [-0.1, -0.05) is 26.7 Å². The van der Waals surface area contributed by atoms with Gasteiger partial charge in [-0.15, -0.1) is 0 Å². The monoisotopic (exact) mass is 268 g/mol. The average molecular weight is 268 g/mol. The number of nitrogens with zero attached hydrogens (tertiary/aromatic N) is 1. The summed E-state index contributed by atoms with van der Waals surface area (Å²) in [6.45, 7) is 8.61. The molecule has 0 bridgehead atoms. The van der Waals surface area contributed by atoms with E-state index in [1.165, 1.54) is 38.5 Å². The van der Waals surface area contributed by atoms with Crippen LogP contribution in [0.5, 0.6) is 0 Å². The van der Waals surface area contributed by atoms with Gasteiger partial charge in [-0.2, -0.15) is 0 Å². The van der Waals surface area contributed by atoms with E-state index in [2.05, 4.69) is 18.7 Å². The molecule has 2 rings (SSSR count). The first kappa shape index (κ1) is 15.3. The molecule has 3 nitrogen and oxygen atoms in total. The Hall–Kier alpha value is -0.120. The third-order valence-electron chi connectivity index (χ3n) is 5.10. The van der Waals surface area contributed by atoms with E-state index in [1.807, 2.05) is 0 Å². The van der Waals surface area contributed by atoms with E-state index in [1.54, 1.807) is 0 Å². The standard InChI is InChI=1S/C16H32N2O/c1-3-18(12-15-8-5-9-19-15)16(11-17)14-7-4-6-13(2)10-14/h13-16H,3-12,17H2,1-2H3. The molecule has 0 aromatic carbocycles. The van der Waals surface area contributed by atoms with Crippen LogP contribution in [0.1, 0.15) is 52.4 Å². The van der Waals surface area contributed by atoms with Crippen molar-refractivity contribution < 1.29 is 4.74 Å². The zero-order valence-electron chi connectivity index (χ0n) is 12.8. The number of hydrogen-bond donors (Lipinski definition) is 1. The number of ether oxygens (including phenoxy) is 1. The fourth-order valence-corrected chi connectivity index (χ4v) is 4.02. The summed E-state index contributed by atoms with van der Waals surface area (Å²) in [6.07, 6.45) is 8.45. The minimum Gasteiger partial charge on any atom is -0.377 e. The Morgan fingerprint density at radius 1 is 1.26 bits per heavy atom. The first-order valence-electron chi connectivity index (χ1n) is 8.30. The molecule has 112 valence electrons. The first-order valence-corrected chi connectivity index (χ1v) is 8.30. The molecule has 0 amide bonds. The summed E-state index contributed by atoms with van der Waals surface area (Å²) in [5.41, 5.74) is 6.12. The van der Waals surface area contributed by atoms with Crippen molar-refractivity contribution in [1.82, 2.24) is 4.90 Å². The van der Waals surface area contributed by atoms with Crippen LogP contribution in [0.2, 0.25) is 0 Å². The lowest BCUT2D eigenvalue weighted by Crippen LogP contribution is -2.49. The molecule has 0 aromatic heterocycles. The molecule has 1 heterocycles. The molecule has 0 radical (unpaired) electrons. The summed E-state index contributed by atoms with van der Waals surface area (Å²) in [5.74, 6) is 1.68. The van der Waals surface area contributed by atoms with Crippen molar-refractivity contribution in [1.29, 1.82) is 0 Å². The van der Waals surface area contributed by atoms with Crippen molar-refractivity contribution in [2.24, 2.45) is 17.6 Å². The lowest BCUT2D eigenvalue weighted by molar-refractivity contribution is 0.0385. The lowest BCUT2D eigenvalue weighted by Gasteiger charge is -2.40. The largest absolute Gasteiger partial charge is 0.377 e. The molecule has 2 N–H and O–H groups in total. The normalized spacial score (nSPS) is 33.8. The molecule has 2 aliphatic rings. The van der Waals surface area contributed by atoms with Gasteiger partial charge in [0.2, 0.25) is 0 Å². The van der Waals surface area contributed by atoms with Crippen LogP contribution >= 0.6 is 0 Å². The van der Waals surface area contributed by atoms with E-state index in [-0.39, 0.29) is 0 Å². The van der Waals surface area contributed by atoms with Crippen molar-refractivity contribution in [3.8, 4) is 0 Å². The zero-order valence-corrected chi connectivity index (χ0v) is 12.8. The maximum absolute atomic E-state index is 6.12. The Kier molecular flexibility index (Phi) is 6.11. The van der Waals surface area contributed by atoms with Gasteiger partial charge < -0.3 is 10.5 Å². The minimum absolute atomic E-state index is 0.454. The van der Waals surface area contributed by atoms with Gasteiger partial charge in [-0.3, -0.25) is 4.90 Å². The van der Waals surface area contributed by atoms with Crippen LogP contribution in [-0.4, -0.2) is 43.3 Å². The Balaban J connectivity index is 1.92. The molecular weight excluding hydrogens is 236 g/mol. The Labute approximate surface area is 118 Å². The molecule has 1 saturated heterocycles. The molecule has 1 aliphatic carbocycles. The van der Waals surface area contributed by atoms with Crippen LogP contribution in [0.25, 0.3) is 0 Å². The smallest absolute Gasteiger partial charge is 0.0702 e. The zero-order chi connectivity index (χ0) is 13.7. The first-order chi connectivity index (χ1) is 9.24. The predicted octanol–water partition coefficient (Wildman–Crippen LogP) is 2.64. The van der Waals surface area contributed by atoms with Crippen molar-refractivity contribution in [3.63, 3.8) is 0 Å². The van der Waals surface area contributed by atoms with Crippen LogP contribution in [0.15, 0.2) is 0 Å². The molecule has 1 saturated carbocycles. The molecule has 3 heteroatoms. The number of rotatable bonds is 6. The molecular formula is C16H32N2O. The van der Waals surface area contributed by atoms with E-state index < -0.39 is 0 Å². The summed E-state index contributed by atoms with van der Waals surface area (Å²) < 4.78 is 5.81. The van der Waals surface area contributed by atoms with Crippen molar-refractivity contribution in [3.05, 3.63) is 0 Å². The van der Waals surface area contributed by atoms with Crippen LogP contribution in [0.3, 0.4) is 0 Å². The predicted molar refractivity (Wildman–Crippen MR) is 80.2 cm³/mol. The third-order valence-corrected chi connectivity index (χ3v) is 5.10. The van der Waals surface area contributed by atoms with Crippen LogP contribution in [0, 0.1) is 11.8 Å². The average Bonchev–Trinajstić information content (AvgIpc) is 2.91. The van der Waals surface area contributed by atoms with E-state index in [4.69, 9.17) is 10.5 Å². The Bertz CT molecular complexity index is 253. The van der Waals surface area contributed by atoms with Gasteiger partial charge in [0, 0.05) is 25.7 Å². The fraction of sp³-hybridized carbons (Fsp3) is 1.00. The van der Waals surface area contributed by atoms with Gasteiger partial charge >= 0.3 is 0 Å². The molecule has 4 atom stereocenters.